The first-order valence-electron chi connectivity index (χ1n) is 6.62. The van der Waals surface area contributed by atoms with Crippen molar-refractivity contribution < 1.29 is 9.53 Å². The van der Waals surface area contributed by atoms with Gasteiger partial charge < -0.3 is 4.74 Å². The molecule has 2 aromatic carbocycles. The third-order valence-corrected chi connectivity index (χ3v) is 2.98. The smallest absolute Gasteiger partial charge is 0.338 e. The normalized spacial score (nSPS) is 11.8. The molecule has 0 aliphatic carbocycles. The van der Waals surface area contributed by atoms with E-state index in [4.69, 9.17) is 4.74 Å². The molecule has 0 saturated carbocycles. The summed E-state index contributed by atoms with van der Waals surface area (Å²) in [6.07, 6.45) is 1.64. The second-order valence-corrected chi connectivity index (χ2v) is 4.46. The lowest BCUT2D eigenvalue weighted by molar-refractivity contribution is 0.0275. The summed E-state index contributed by atoms with van der Waals surface area (Å²) in [7, 11) is 0. The van der Waals surface area contributed by atoms with E-state index >= 15 is 0 Å². The Bertz CT molecular complexity index is 505. The minimum Gasteiger partial charge on any atom is -0.454 e. The first-order valence-corrected chi connectivity index (χ1v) is 6.62. The zero-order valence-electron chi connectivity index (χ0n) is 11.1. The van der Waals surface area contributed by atoms with Gasteiger partial charge in [-0.2, -0.15) is 0 Å². The van der Waals surface area contributed by atoms with Crippen molar-refractivity contribution in [2.75, 3.05) is 0 Å². The molecule has 0 spiro atoms. The Morgan fingerprint density at radius 3 is 2.16 bits per heavy atom. The average molecular weight is 254 g/mol. The summed E-state index contributed by atoms with van der Waals surface area (Å²) < 4.78 is 5.62. The van der Waals surface area contributed by atoms with E-state index in [0.717, 1.165) is 18.4 Å². The van der Waals surface area contributed by atoms with E-state index < -0.39 is 0 Å². The molecule has 0 aliphatic heterocycles. The van der Waals surface area contributed by atoms with Crippen LogP contribution in [-0.2, 0) is 4.74 Å². The largest absolute Gasteiger partial charge is 0.454 e. The predicted molar refractivity (Wildman–Crippen MR) is 75.9 cm³/mol. The Morgan fingerprint density at radius 2 is 1.58 bits per heavy atom. The summed E-state index contributed by atoms with van der Waals surface area (Å²) in [6.45, 7) is 2.09. The summed E-state index contributed by atoms with van der Waals surface area (Å²) in [6, 6.07) is 19.0. The molecular formula is C17H18O2. The Kier molecular flexibility index (Phi) is 4.73. The SMILES string of the molecule is CCC[C@@H](OC(=O)c1ccccc1)c1ccccc1. The molecule has 0 aromatic heterocycles. The zero-order valence-corrected chi connectivity index (χ0v) is 11.1. The van der Waals surface area contributed by atoms with Gasteiger partial charge in [-0.1, -0.05) is 61.9 Å². The van der Waals surface area contributed by atoms with Crippen LogP contribution in [0.4, 0.5) is 0 Å². The Hall–Kier alpha value is -2.09. The van der Waals surface area contributed by atoms with Crippen LogP contribution in [0, 0.1) is 0 Å². The number of hydrogen-bond acceptors (Lipinski definition) is 2. The van der Waals surface area contributed by atoms with Crippen LogP contribution in [0.15, 0.2) is 60.7 Å². The van der Waals surface area contributed by atoms with E-state index in [1.165, 1.54) is 0 Å². The molecule has 0 fully saturated rings. The minimum absolute atomic E-state index is 0.168. The van der Waals surface area contributed by atoms with Crippen molar-refractivity contribution in [3.8, 4) is 0 Å². The van der Waals surface area contributed by atoms with Crippen LogP contribution in [0.25, 0.3) is 0 Å². The van der Waals surface area contributed by atoms with Gasteiger partial charge >= 0.3 is 5.97 Å². The van der Waals surface area contributed by atoms with Crippen LogP contribution in [-0.4, -0.2) is 5.97 Å². The second-order valence-electron chi connectivity index (χ2n) is 4.46. The van der Waals surface area contributed by atoms with Gasteiger partial charge in [-0.15, -0.1) is 0 Å². The van der Waals surface area contributed by atoms with Crippen molar-refractivity contribution >= 4 is 5.97 Å². The number of rotatable bonds is 5. The molecule has 0 heterocycles. The van der Waals surface area contributed by atoms with E-state index in [1.807, 2.05) is 48.5 Å². The van der Waals surface area contributed by atoms with Crippen molar-refractivity contribution in [3.05, 3.63) is 71.8 Å². The fourth-order valence-corrected chi connectivity index (χ4v) is 1.99. The summed E-state index contributed by atoms with van der Waals surface area (Å²) in [5, 5.41) is 0. The number of hydrogen-bond donors (Lipinski definition) is 0. The van der Waals surface area contributed by atoms with Crippen LogP contribution in [0.5, 0.6) is 0 Å². The monoisotopic (exact) mass is 254 g/mol. The molecule has 0 N–H and O–H groups in total. The fourth-order valence-electron chi connectivity index (χ4n) is 1.99. The summed E-state index contributed by atoms with van der Waals surface area (Å²) >= 11 is 0. The first-order chi connectivity index (χ1) is 9.31. The van der Waals surface area contributed by atoms with Gasteiger partial charge in [0.2, 0.25) is 0 Å². The summed E-state index contributed by atoms with van der Waals surface area (Å²) in [5.74, 6) is -0.261. The Morgan fingerprint density at radius 1 is 1.00 bits per heavy atom. The van der Waals surface area contributed by atoms with Gasteiger partial charge in [-0.05, 0) is 24.1 Å². The van der Waals surface area contributed by atoms with E-state index in [0.29, 0.717) is 5.56 Å². The molecule has 0 unspecified atom stereocenters. The van der Waals surface area contributed by atoms with Gasteiger partial charge in [0.1, 0.15) is 6.10 Å². The second kappa shape index (κ2) is 6.74. The van der Waals surface area contributed by atoms with Gasteiger partial charge in [0.15, 0.2) is 0 Å². The van der Waals surface area contributed by atoms with Crippen LogP contribution in [0.3, 0.4) is 0 Å². The molecule has 19 heavy (non-hydrogen) atoms. The molecule has 1 atom stereocenters. The molecule has 0 saturated heterocycles. The van der Waals surface area contributed by atoms with E-state index in [1.54, 1.807) is 12.1 Å². The van der Waals surface area contributed by atoms with Crippen LogP contribution < -0.4 is 0 Å². The first kappa shape index (κ1) is 13.3. The topological polar surface area (TPSA) is 26.3 Å². The van der Waals surface area contributed by atoms with Crippen molar-refractivity contribution in [3.63, 3.8) is 0 Å². The maximum Gasteiger partial charge on any atom is 0.338 e. The van der Waals surface area contributed by atoms with Crippen LogP contribution >= 0.6 is 0 Å². The molecule has 98 valence electrons. The van der Waals surface area contributed by atoms with Gasteiger partial charge in [0.05, 0.1) is 5.56 Å². The lowest BCUT2D eigenvalue weighted by atomic mass is 10.1. The molecule has 0 aliphatic rings. The predicted octanol–water partition coefficient (Wildman–Crippen LogP) is 4.38. The number of benzene rings is 2. The third-order valence-electron chi connectivity index (χ3n) is 2.98. The Balaban J connectivity index is 2.11. The standard InChI is InChI=1S/C17H18O2/c1-2-9-16(14-10-5-3-6-11-14)19-17(18)15-12-7-4-8-13-15/h3-8,10-13,16H,2,9H2,1H3/t16-/m1/s1. The number of ether oxygens (including phenoxy) is 1. The maximum absolute atomic E-state index is 12.1. The lowest BCUT2D eigenvalue weighted by Crippen LogP contribution is -2.11. The van der Waals surface area contributed by atoms with Crippen molar-refractivity contribution in [2.24, 2.45) is 0 Å². The zero-order chi connectivity index (χ0) is 13.5. The number of esters is 1. The molecule has 2 heteroatoms. The average Bonchev–Trinajstić information content (AvgIpc) is 2.48. The lowest BCUT2D eigenvalue weighted by Gasteiger charge is -2.17. The van der Waals surface area contributed by atoms with Crippen LogP contribution in [0.1, 0.15) is 41.8 Å². The molecular weight excluding hydrogens is 236 g/mol. The quantitative estimate of drug-likeness (QED) is 0.740. The Labute approximate surface area is 114 Å². The van der Waals surface area contributed by atoms with Gasteiger partial charge in [0.25, 0.3) is 0 Å². The third kappa shape index (κ3) is 3.68. The van der Waals surface area contributed by atoms with E-state index in [2.05, 4.69) is 6.92 Å². The van der Waals surface area contributed by atoms with Gasteiger partial charge in [-0.25, -0.2) is 4.79 Å². The molecule has 0 radical (unpaired) electrons. The number of carbonyl (C=O) groups excluding carboxylic acids is 1. The summed E-state index contributed by atoms with van der Waals surface area (Å²) in [4.78, 5) is 12.1. The van der Waals surface area contributed by atoms with E-state index in [-0.39, 0.29) is 12.1 Å². The molecule has 0 bridgehead atoms. The highest BCUT2D eigenvalue weighted by molar-refractivity contribution is 5.89. The fraction of sp³-hybridized carbons (Fsp3) is 0.235. The summed E-state index contributed by atoms with van der Waals surface area (Å²) in [5.41, 5.74) is 1.65. The minimum atomic E-state index is -0.261. The van der Waals surface area contributed by atoms with Gasteiger partial charge in [0, 0.05) is 0 Å². The maximum atomic E-state index is 12.1. The van der Waals surface area contributed by atoms with Crippen LogP contribution in [0.2, 0.25) is 0 Å². The highest BCUT2D eigenvalue weighted by atomic mass is 16.5. The molecule has 2 nitrogen and oxygen atoms in total. The van der Waals surface area contributed by atoms with E-state index in [9.17, 15) is 4.79 Å². The van der Waals surface area contributed by atoms with Gasteiger partial charge in [-0.3, -0.25) is 0 Å². The highest BCUT2D eigenvalue weighted by Crippen LogP contribution is 2.23. The highest BCUT2D eigenvalue weighted by Gasteiger charge is 2.16. The van der Waals surface area contributed by atoms with Crippen molar-refractivity contribution in [2.45, 2.75) is 25.9 Å². The van der Waals surface area contributed by atoms with Crippen molar-refractivity contribution in [1.29, 1.82) is 0 Å². The molecule has 2 rings (SSSR count). The number of carbonyl (C=O) groups is 1. The molecule has 2 aromatic rings. The molecule has 0 amide bonds. The van der Waals surface area contributed by atoms with Crippen molar-refractivity contribution in [1.82, 2.24) is 0 Å².